The molecule has 0 aliphatic carbocycles. The molecular weight excluding hydrogens is 132 g/mol. The Morgan fingerprint density at radius 2 is 2.10 bits per heavy atom. The number of ether oxygens (including phenoxy) is 1. The second-order valence-corrected chi connectivity index (χ2v) is 2.79. The highest BCUT2D eigenvalue weighted by Crippen LogP contribution is 2.05. The molecule has 10 heavy (non-hydrogen) atoms. The molecule has 0 fully saturated rings. The maximum Gasteiger partial charge on any atom is 0.412 e. The molecule has 58 valence electrons. The van der Waals surface area contributed by atoms with E-state index in [0.29, 0.717) is 0 Å². The van der Waals surface area contributed by atoms with Gasteiger partial charge in [-0.15, -0.1) is 0 Å². The summed E-state index contributed by atoms with van der Waals surface area (Å²) in [5.74, 6) is 0. The molecule has 0 saturated carbocycles. The first kappa shape index (κ1) is 8.94. The molecule has 0 aromatic carbocycles. The first-order chi connectivity index (χ1) is 4.45. The molecule has 0 bridgehead atoms. The van der Waals surface area contributed by atoms with Crippen LogP contribution in [-0.2, 0) is 4.74 Å². The van der Waals surface area contributed by atoms with E-state index in [4.69, 9.17) is 10.1 Å². The summed E-state index contributed by atoms with van der Waals surface area (Å²) in [5.41, 5.74) is -0.493. The van der Waals surface area contributed by atoms with E-state index < -0.39 is 11.7 Å². The second kappa shape index (κ2) is 3.20. The van der Waals surface area contributed by atoms with Crippen LogP contribution in [0.4, 0.5) is 4.79 Å². The van der Waals surface area contributed by atoms with Gasteiger partial charge >= 0.3 is 6.09 Å². The summed E-state index contributed by atoms with van der Waals surface area (Å²) >= 11 is 0. The zero-order valence-corrected chi connectivity index (χ0v) is 6.39. The van der Waals surface area contributed by atoms with Crippen molar-refractivity contribution in [2.24, 2.45) is 0 Å². The van der Waals surface area contributed by atoms with E-state index in [-0.39, 0.29) is 0 Å². The maximum absolute atomic E-state index is 10.6. The van der Waals surface area contributed by atoms with E-state index in [2.05, 4.69) is 5.32 Å². The molecule has 0 unspecified atom stereocenters. The summed E-state index contributed by atoms with van der Waals surface area (Å²) in [6, 6.07) is 0. The van der Waals surface area contributed by atoms with E-state index in [0.717, 1.165) is 6.34 Å². The third-order valence-corrected chi connectivity index (χ3v) is 0.589. The molecule has 0 saturated heterocycles. The van der Waals surface area contributed by atoms with Crippen molar-refractivity contribution in [3.8, 4) is 0 Å². The lowest BCUT2D eigenvalue weighted by atomic mass is 10.2. The molecular formula is C6H12N2O2. The molecule has 0 spiro atoms. The van der Waals surface area contributed by atoms with Gasteiger partial charge in [-0.3, -0.25) is 10.7 Å². The van der Waals surface area contributed by atoms with E-state index >= 15 is 0 Å². The molecule has 4 heteroatoms. The van der Waals surface area contributed by atoms with Gasteiger partial charge in [0.05, 0.1) is 6.34 Å². The molecule has 2 N–H and O–H groups in total. The maximum atomic E-state index is 10.6. The summed E-state index contributed by atoms with van der Waals surface area (Å²) in [5, 5.41) is 8.59. The normalized spacial score (nSPS) is 10.3. The Kier molecular flexibility index (Phi) is 2.86. The van der Waals surface area contributed by atoms with Gasteiger partial charge in [-0.05, 0) is 20.8 Å². The van der Waals surface area contributed by atoms with Crippen LogP contribution in [0.25, 0.3) is 0 Å². The number of rotatable bonds is 1. The van der Waals surface area contributed by atoms with E-state index in [9.17, 15) is 4.79 Å². The third kappa shape index (κ3) is 5.08. The quantitative estimate of drug-likeness (QED) is 0.428. The Bertz CT molecular complexity index is 137. The standard InChI is InChI=1S/C6H12N2O2/c1-6(2,3)10-5(9)8-4-7/h4H,1-3H3,(H2,7,8,9). The minimum atomic E-state index is -0.595. The van der Waals surface area contributed by atoms with Gasteiger partial charge in [0, 0.05) is 0 Å². The van der Waals surface area contributed by atoms with Gasteiger partial charge in [0.25, 0.3) is 0 Å². The Morgan fingerprint density at radius 3 is 2.40 bits per heavy atom. The molecule has 0 aromatic heterocycles. The van der Waals surface area contributed by atoms with Crippen molar-refractivity contribution >= 4 is 12.4 Å². The Hall–Kier alpha value is -1.06. The summed E-state index contributed by atoms with van der Waals surface area (Å²) in [4.78, 5) is 10.6. The third-order valence-electron chi connectivity index (χ3n) is 0.589. The van der Waals surface area contributed by atoms with Crippen molar-refractivity contribution in [3.05, 3.63) is 0 Å². The summed E-state index contributed by atoms with van der Waals surface area (Å²) in [6.45, 7) is 5.28. The average molecular weight is 144 g/mol. The first-order valence-electron chi connectivity index (χ1n) is 2.94. The van der Waals surface area contributed by atoms with Crippen molar-refractivity contribution in [1.82, 2.24) is 5.32 Å². The molecule has 0 aliphatic rings. The first-order valence-corrected chi connectivity index (χ1v) is 2.94. The summed E-state index contributed by atoms with van der Waals surface area (Å²) in [6.07, 6.45) is 0.191. The highest BCUT2D eigenvalue weighted by Gasteiger charge is 2.14. The largest absolute Gasteiger partial charge is 0.444 e. The highest BCUT2D eigenvalue weighted by atomic mass is 16.6. The Labute approximate surface area is 60.1 Å². The molecule has 1 amide bonds. The van der Waals surface area contributed by atoms with Gasteiger partial charge in [-0.1, -0.05) is 0 Å². The van der Waals surface area contributed by atoms with E-state index in [1.54, 1.807) is 20.8 Å². The van der Waals surface area contributed by atoms with Crippen LogP contribution in [0, 0.1) is 5.41 Å². The van der Waals surface area contributed by atoms with E-state index in [1.807, 2.05) is 0 Å². The van der Waals surface area contributed by atoms with Crippen LogP contribution in [0.1, 0.15) is 20.8 Å². The van der Waals surface area contributed by atoms with Gasteiger partial charge in [0.1, 0.15) is 5.60 Å². The van der Waals surface area contributed by atoms with Crippen LogP contribution in [0.3, 0.4) is 0 Å². The van der Waals surface area contributed by atoms with Crippen LogP contribution in [0.5, 0.6) is 0 Å². The molecule has 0 aromatic rings. The minimum absolute atomic E-state index is 0.493. The number of amides is 1. The van der Waals surface area contributed by atoms with E-state index in [1.165, 1.54) is 0 Å². The van der Waals surface area contributed by atoms with Gasteiger partial charge < -0.3 is 4.74 Å². The van der Waals surface area contributed by atoms with Crippen LogP contribution in [0.2, 0.25) is 0 Å². The van der Waals surface area contributed by atoms with Crippen molar-refractivity contribution in [2.45, 2.75) is 26.4 Å². The summed E-state index contributed by atoms with van der Waals surface area (Å²) in [7, 11) is 0. The van der Waals surface area contributed by atoms with Crippen molar-refractivity contribution in [2.75, 3.05) is 0 Å². The fourth-order valence-corrected chi connectivity index (χ4v) is 0.366. The second-order valence-electron chi connectivity index (χ2n) is 2.79. The smallest absolute Gasteiger partial charge is 0.412 e. The van der Waals surface area contributed by atoms with Crippen LogP contribution < -0.4 is 5.32 Å². The van der Waals surface area contributed by atoms with Gasteiger partial charge in [-0.2, -0.15) is 0 Å². The Morgan fingerprint density at radius 1 is 1.60 bits per heavy atom. The lowest BCUT2D eigenvalue weighted by Gasteiger charge is -2.18. The predicted octanol–water partition coefficient (Wildman–Crippen LogP) is 1.12. The molecule has 0 radical (unpaired) electrons. The molecule has 0 heterocycles. The van der Waals surface area contributed by atoms with Gasteiger partial charge in [-0.25, -0.2) is 4.79 Å². The van der Waals surface area contributed by atoms with Gasteiger partial charge in [0.2, 0.25) is 0 Å². The molecule has 0 aliphatic heterocycles. The average Bonchev–Trinajstić information content (AvgIpc) is 1.59. The van der Waals surface area contributed by atoms with Crippen molar-refractivity contribution in [1.29, 1.82) is 5.41 Å². The van der Waals surface area contributed by atoms with Crippen LogP contribution >= 0.6 is 0 Å². The lowest BCUT2D eigenvalue weighted by Crippen LogP contribution is -2.31. The monoisotopic (exact) mass is 144 g/mol. The SMILES string of the molecule is CC(C)(C)OC(=O)NC=N. The fourth-order valence-electron chi connectivity index (χ4n) is 0.366. The number of hydrogen-bond acceptors (Lipinski definition) is 3. The van der Waals surface area contributed by atoms with Crippen molar-refractivity contribution in [3.63, 3.8) is 0 Å². The predicted molar refractivity (Wildman–Crippen MR) is 38.2 cm³/mol. The fraction of sp³-hybridized carbons (Fsp3) is 0.667. The topological polar surface area (TPSA) is 62.2 Å². The summed E-state index contributed by atoms with van der Waals surface area (Å²) < 4.78 is 4.78. The number of carbonyl (C=O) groups excluding carboxylic acids is 1. The van der Waals surface area contributed by atoms with Crippen LogP contribution in [0.15, 0.2) is 0 Å². The lowest BCUT2D eigenvalue weighted by molar-refractivity contribution is 0.0565. The van der Waals surface area contributed by atoms with Crippen LogP contribution in [-0.4, -0.2) is 18.0 Å². The zero-order valence-electron chi connectivity index (χ0n) is 6.39. The Balaban J connectivity index is 3.68. The zero-order chi connectivity index (χ0) is 8.20. The number of carbonyl (C=O) groups is 1. The molecule has 4 nitrogen and oxygen atoms in total. The van der Waals surface area contributed by atoms with Crippen molar-refractivity contribution < 1.29 is 9.53 Å². The number of alkyl carbamates (subject to hydrolysis) is 1. The van der Waals surface area contributed by atoms with Gasteiger partial charge in [0.15, 0.2) is 0 Å². The number of hydrogen-bond donors (Lipinski definition) is 2. The molecule has 0 rings (SSSR count). The number of nitrogens with one attached hydrogen (secondary N) is 2. The molecule has 0 atom stereocenters. The minimum Gasteiger partial charge on any atom is -0.444 e. The highest BCUT2D eigenvalue weighted by molar-refractivity contribution is 5.80.